The first-order chi connectivity index (χ1) is 10.1. The number of rotatable bonds is 5. The van der Waals surface area contributed by atoms with Crippen molar-refractivity contribution in [2.24, 2.45) is 5.92 Å². The van der Waals surface area contributed by atoms with Gasteiger partial charge in [0.1, 0.15) is 0 Å². The maximum Gasteiger partial charge on any atom is 0.340 e. The third-order valence-corrected chi connectivity index (χ3v) is 3.79. The number of carbonyl (C=O) groups is 1. The van der Waals surface area contributed by atoms with Crippen molar-refractivity contribution in [3.05, 3.63) is 40.7 Å². The second-order valence-corrected chi connectivity index (χ2v) is 5.87. The van der Waals surface area contributed by atoms with Gasteiger partial charge in [0.15, 0.2) is 0 Å². The highest BCUT2D eigenvalue weighted by molar-refractivity contribution is 5.79. The summed E-state index contributed by atoms with van der Waals surface area (Å²) < 4.78 is 0. The van der Waals surface area contributed by atoms with E-state index in [1.807, 2.05) is 25.1 Å². The SMILES string of the molecule is CN(C)CCNC(=O)C[N+]#CC1CC(c2ccccc2)C1. The number of carbonyl (C=O) groups excluding carboxylic acids is 1. The summed E-state index contributed by atoms with van der Waals surface area (Å²) in [6, 6.07) is 13.7. The zero-order chi connectivity index (χ0) is 15.1. The molecule has 4 nitrogen and oxygen atoms in total. The third kappa shape index (κ3) is 5.20. The summed E-state index contributed by atoms with van der Waals surface area (Å²) in [5.41, 5.74) is 1.40. The van der Waals surface area contributed by atoms with Crippen LogP contribution in [0.5, 0.6) is 0 Å². The van der Waals surface area contributed by atoms with Gasteiger partial charge in [-0.05, 0) is 38.4 Å². The van der Waals surface area contributed by atoms with Crippen LogP contribution in [-0.2, 0) is 4.79 Å². The number of nitrogens with one attached hydrogen (secondary N) is 1. The molecule has 0 spiro atoms. The fourth-order valence-corrected chi connectivity index (χ4v) is 2.44. The van der Waals surface area contributed by atoms with E-state index in [2.05, 4.69) is 40.5 Å². The Morgan fingerprint density at radius 2 is 2.05 bits per heavy atom. The Balaban J connectivity index is 1.63. The van der Waals surface area contributed by atoms with Gasteiger partial charge in [0, 0.05) is 13.1 Å². The lowest BCUT2D eigenvalue weighted by Gasteiger charge is -2.29. The lowest BCUT2D eigenvalue weighted by molar-refractivity contribution is -0.119. The van der Waals surface area contributed by atoms with Crippen molar-refractivity contribution < 1.29 is 4.79 Å². The molecule has 1 saturated carbocycles. The first kappa shape index (κ1) is 15.5. The van der Waals surface area contributed by atoms with E-state index in [1.165, 1.54) is 5.56 Å². The maximum absolute atomic E-state index is 11.5. The average Bonchev–Trinajstić information content (AvgIpc) is 2.42. The van der Waals surface area contributed by atoms with Crippen molar-refractivity contribution in [2.45, 2.75) is 18.8 Å². The lowest BCUT2D eigenvalue weighted by Crippen LogP contribution is -2.32. The molecule has 1 aromatic carbocycles. The molecule has 0 bridgehead atoms. The minimum atomic E-state index is -0.0247. The molecule has 1 aliphatic carbocycles. The van der Waals surface area contributed by atoms with Crippen LogP contribution >= 0.6 is 0 Å². The predicted octanol–water partition coefficient (Wildman–Crippen LogP) is 2.19. The van der Waals surface area contributed by atoms with Gasteiger partial charge in [0.25, 0.3) is 6.07 Å². The highest BCUT2D eigenvalue weighted by atomic mass is 16.1. The van der Waals surface area contributed by atoms with Gasteiger partial charge in [-0.3, -0.25) is 4.79 Å². The summed E-state index contributed by atoms with van der Waals surface area (Å²) in [4.78, 5) is 17.7. The molecule has 2 rings (SSSR count). The Bertz CT molecular complexity index is 510. The molecule has 1 amide bonds. The summed E-state index contributed by atoms with van der Waals surface area (Å²) in [6.45, 7) is 1.71. The summed E-state index contributed by atoms with van der Waals surface area (Å²) in [5, 5.41) is 2.84. The highest BCUT2D eigenvalue weighted by Crippen LogP contribution is 2.41. The molecule has 1 fully saturated rings. The molecular formula is C17H24N3O+. The molecule has 0 atom stereocenters. The largest absolute Gasteiger partial charge is 0.348 e. The minimum absolute atomic E-state index is 0.0247. The van der Waals surface area contributed by atoms with Crippen LogP contribution in [0.4, 0.5) is 0 Å². The first-order valence-electron chi connectivity index (χ1n) is 7.53. The molecular weight excluding hydrogens is 262 g/mol. The van der Waals surface area contributed by atoms with E-state index in [0.717, 1.165) is 19.4 Å². The van der Waals surface area contributed by atoms with Crippen LogP contribution in [0.25, 0.3) is 4.85 Å². The van der Waals surface area contributed by atoms with Crippen molar-refractivity contribution in [3.8, 4) is 6.07 Å². The molecule has 4 heteroatoms. The van der Waals surface area contributed by atoms with Gasteiger partial charge in [-0.25, -0.2) is 0 Å². The zero-order valence-electron chi connectivity index (χ0n) is 12.9. The van der Waals surface area contributed by atoms with Crippen molar-refractivity contribution in [2.75, 3.05) is 33.7 Å². The van der Waals surface area contributed by atoms with Gasteiger partial charge in [-0.2, -0.15) is 0 Å². The van der Waals surface area contributed by atoms with Crippen molar-refractivity contribution in [3.63, 3.8) is 0 Å². The van der Waals surface area contributed by atoms with Crippen molar-refractivity contribution in [1.82, 2.24) is 10.2 Å². The normalized spacial score (nSPS) is 20.3. The molecule has 21 heavy (non-hydrogen) atoms. The number of hydrogen-bond donors (Lipinski definition) is 1. The number of likely N-dealkylation sites (N-methyl/N-ethyl adjacent to an activating group) is 1. The predicted molar refractivity (Wildman–Crippen MR) is 85.6 cm³/mol. The number of amides is 1. The molecule has 0 unspecified atom stereocenters. The second-order valence-electron chi connectivity index (χ2n) is 5.87. The van der Waals surface area contributed by atoms with Gasteiger partial charge in [-0.15, -0.1) is 0 Å². The van der Waals surface area contributed by atoms with Gasteiger partial charge in [0.05, 0.1) is 5.92 Å². The smallest absolute Gasteiger partial charge is 0.340 e. The molecule has 0 saturated heterocycles. The molecule has 0 heterocycles. The monoisotopic (exact) mass is 286 g/mol. The van der Waals surface area contributed by atoms with E-state index >= 15 is 0 Å². The van der Waals surface area contributed by atoms with Crippen LogP contribution in [-0.4, -0.2) is 44.5 Å². The van der Waals surface area contributed by atoms with Crippen LogP contribution in [0, 0.1) is 12.0 Å². The van der Waals surface area contributed by atoms with Gasteiger partial charge in [0.2, 0.25) is 0 Å². The summed E-state index contributed by atoms with van der Waals surface area (Å²) in [5.74, 6) is 1.01. The maximum atomic E-state index is 11.5. The van der Waals surface area contributed by atoms with Crippen LogP contribution in [0.3, 0.4) is 0 Å². The van der Waals surface area contributed by atoms with Crippen LogP contribution in [0.1, 0.15) is 24.3 Å². The van der Waals surface area contributed by atoms with E-state index < -0.39 is 0 Å². The summed E-state index contributed by atoms with van der Waals surface area (Å²) >= 11 is 0. The Hall–Kier alpha value is -1.86. The molecule has 112 valence electrons. The Labute approximate surface area is 127 Å². The minimum Gasteiger partial charge on any atom is -0.348 e. The van der Waals surface area contributed by atoms with Crippen LogP contribution < -0.4 is 5.32 Å². The van der Waals surface area contributed by atoms with Crippen molar-refractivity contribution >= 4 is 5.91 Å². The zero-order valence-corrected chi connectivity index (χ0v) is 12.9. The lowest BCUT2D eigenvalue weighted by atomic mass is 9.72. The fourth-order valence-electron chi connectivity index (χ4n) is 2.44. The molecule has 0 radical (unpaired) electrons. The van der Waals surface area contributed by atoms with E-state index in [0.29, 0.717) is 18.4 Å². The van der Waals surface area contributed by atoms with E-state index in [9.17, 15) is 4.79 Å². The standard InChI is InChI=1S/C17H23N3O/c1-20(2)9-8-19-17(21)13-18-12-14-10-16(11-14)15-6-4-3-5-7-15/h3-7,14,16H,8-11,13H2,1-2H3/p+1. The van der Waals surface area contributed by atoms with E-state index in [-0.39, 0.29) is 12.5 Å². The average molecular weight is 286 g/mol. The molecule has 0 aromatic heterocycles. The summed E-state index contributed by atoms with van der Waals surface area (Å²) in [6.07, 6.45) is 2.19. The Morgan fingerprint density at radius 3 is 2.71 bits per heavy atom. The van der Waals surface area contributed by atoms with Gasteiger partial charge in [-0.1, -0.05) is 35.2 Å². The van der Waals surface area contributed by atoms with Gasteiger partial charge < -0.3 is 10.2 Å². The van der Waals surface area contributed by atoms with Crippen molar-refractivity contribution in [1.29, 1.82) is 0 Å². The molecule has 1 aromatic rings. The van der Waals surface area contributed by atoms with E-state index in [4.69, 9.17) is 0 Å². The second kappa shape index (κ2) is 7.80. The Morgan fingerprint density at radius 1 is 1.33 bits per heavy atom. The fraction of sp³-hybridized carbons (Fsp3) is 0.529. The van der Waals surface area contributed by atoms with Crippen LogP contribution in [0.2, 0.25) is 0 Å². The number of benzene rings is 1. The van der Waals surface area contributed by atoms with Gasteiger partial charge >= 0.3 is 12.5 Å². The summed E-state index contributed by atoms with van der Waals surface area (Å²) in [7, 11) is 3.97. The highest BCUT2D eigenvalue weighted by Gasteiger charge is 2.32. The first-order valence-corrected chi connectivity index (χ1v) is 7.53. The quantitative estimate of drug-likeness (QED) is 0.901. The number of hydrogen-bond acceptors (Lipinski definition) is 2. The topological polar surface area (TPSA) is 36.7 Å². The number of nitrogens with zero attached hydrogens (tertiary/aromatic N) is 2. The third-order valence-electron chi connectivity index (χ3n) is 3.79. The molecule has 0 aliphatic heterocycles. The Kier molecular flexibility index (Phi) is 5.77. The van der Waals surface area contributed by atoms with E-state index in [1.54, 1.807) is 0 Å². The molecule has 1 N–H and O–H groups in total. The van der Waals surface area contributed by atoms with Crippen LogP contribution in [0.15, 0.2) is 30.3 Å². The molecule has 1 aliphatic rings.